The average Bonchev–Trinajstić information content (AvgIpc) is 1.54. The molecule has 0 aromatic heterocycles. The molecule has 15 atom stereocenters. The number of ketones is 1. The molecule has 2 aromatic rings. The Kier molecular flexibility index (Phi) is 28.6. The van der Waals surface area contributed by atoms with Crippen LogP contribution in [0.25, 0.3) is 0 Å². The smallest absolute Gasteiger partial charge is 0.431 e. The van der Waals surface area contributed by atoms with Crippen molar-refractivity contribution < 1.29 is 81.5 Å². The number of carbonyl (C=O) groups excluding carboxylic acids is 8. The van der Waals surface area contributed by atoms with Crippen LogP contribution in [0.3, 0.4) is 0 Å². The summed E-state index contributed by atoms with van der Waals surface area (Å²) in [5.41, 5.74) is 2.41. The maximum Gasteiger partial charge on any atom is 0.431 e. The second-order valence-electron chi connectivity index (χ2n) is 25.5. The number of aliphatic hydroxyl groups excluding tert-OH is 1. The van der Waals surface area contributed by atoms with Gasteiger partial charge in [-0.25, -0.2) is 9.59 Å². The summed E-state index contributed by atoms with van der Waals surface area (Å²) in [6, 6.07) is 10.9. The van der Waals surface area contributed by atoms with Gasteiger partial charge in [-0.2, -0.15) is 5.48 Å². The molecule has 2 fully saturated rings. The van der Waals surface area contributed by atoms with Crippen LogP contribution in [0.5, 0.6) is 5.75 Å². The summed E-state index contributed by atoms with van der Waals surface area (Å²) >= 11 is 0. The summed E-state index contributed by atoms with van der Waals surface area (Å²) in [7, 11) is 6.15. The number of hydroxylamine groups is 1. The lowest BCUT2D eigenvalue weighted by Crippen LogP contribution is -2.55. The minimum Gasteiger partial charge on any atom is -0.460 e. The topological polar surface area (TPSA) is 276 Å². The Labute approximate surface area is 521 Å². The van der Waals surface area contributed by atoms with Gasteiger partial charge < -0.3 is 63.6 Å². The molecular weight excluding hydrogens is 1140 g/mol. The Hall–Kier alpha value is -6.40. The van der Waals surface area contributed by atoms with Gasteiger partial charge >= 0.3 is 18.2 Å². The molecule has 494 valence electrons. The monoisotopic (exact) mass is 1240 g/mol. The van der Waals surface area contributed by atoms with E-state index in [0.717, 1.165) is 0 Å². The molecule has 0 saturated carbocycles. The summed E-state index contributed by atoms with van der Waals surface area (Å²) in [6.07, 6.45) is -4.74. The SMILES string of the molecule is CC[C@H](C)[C@@H]([C@@H](CC(=O)N1CCC[C@H]1[C@H](OC)[C@@H](C)C(=O)N[C@H](C)[C@@H](O)c1ccccc1)OC)N(C)C(=O)[C@@H](CC(=O)[C@H](C(C)C)N(C)C(=O)OCc1cc(NC(=O)CONC(=O)OC(C)(C)C)ccc1OC1OC(C)C(C)C(C)C1OC(C)=O)C(C)C. The molecule has 2 heterocycles. The highest BCUT2D eigenvalue weighted by atomic mass is 16.7. The van der Waals surface area contributed by atoms with E-state index < -0.39 is 116 Å². The summed E-state index contributed by atoms with van der Waals surface area (Å²) in [5.74, 6) is -4.96. The van der Waals surface area contributed by atoms with Gasteiger partial charge in [-0.05, 0) is 94.9 Å². The number of hydrogen-bond donors (Lipinski definition) is 4. The Morgan fingerprint density at radius 1 is 0.852 bits per heavy atom. The van der Waals surface area contributed by atoms with E-state index in [4.69, 9.17) is 38.0 Å². The summed E-state index contributed by atoms with van der Waals surface area (Å²) < 4.78 is 41.5. The fourth-order valence-electron chi connectivity index (χ4n) is 11.8. The van der Waals surface area contributed by atoms with Crippen molar-refractivity contribution in [3.8, 4) is 5.75 Å². The quantitative estimate of drug-likeness (QED) is 0.0325. The van der Waals surface area contributed by atoms with Gasteiger partial charge in [0.2, 0.25) is 24.0 Å². The van der Waals surface area contributed by atoms with E-state index in [1.54, 1.807) is 77.4 Å². The highest BCUT2D eigenvalue weighted by Crippen LogP contribution is 2.37. The fraction of sp³-hybridized carbons (Fsp3) is 0.692. The van der Waals surface area contributed by atoms with Crippen molar-refractivity contribution in [3.63, 3.8) is 0 Å². The standard InChI is InChI=1S/C65H102N6O17/c1-20-38(6)56(52(81-18)33-54(75)71-30-24-27-49(71)58(82-19)41(9)60(77)66-42(10)57(76)45-25-22-21-23-26-45)69(16)61(78)48(36(2)3)32-50(73)55(37(4)5)70(17)64(80)83-34-46-31-47(67-53(74)35-84-68-63(79)88-65(13,14)15)28-29-51(46)87-62-59(86-44(12)72)40(8)39(7)43(11)85-62/h21-23,25-26,28-29,31,36-43,48-49,52,55-59,62,76H,20,24,27,30,32-35H2,1-19H3,(H,66,77)(H,67,74)(H,68,79)/t38-,39?,40?,41+,42+,43?,48-,49-,52+,55-,56-,57+,58+,59?,62?/m0/s1. The summed E-state index contributed by atoms with van der Waals surface area (Å²) in [5, 5.41) is 16.6. The minimum atomic E-state index is -1.08. The number of likely N-dealkylation sites (tertiary alicyclic amines) is 1. The number of hydrogen-bond acceptors (Lipinski definition) is 17. The van der Waals surface area contributed by atoms with Crippen molar-refractivity contribution in [2.45, 2.75) is 209 Å². The zero-order valence-corrected chi connectivity index (χ0v) is 55.4. The highest BCUT2D eigenvalue weighted by Gasteiger charge is 2.46. The van der Waals surface area contributed by atoms with Crippen LogP contribution < -0.4 is 20.9 Å². The van der Waals surface area contributed by atoms with Crippen molar-refractivity contribution in [2.75, 3.05) is 46.8 Å². The summed E-state index contributed by atoms with van der Waals surface area (Å²) in [6.45, 7) is 26.2. The number of carbonyl (C=O) groups is 8. The number of likely N-dealkylation sites (N-methyl/N-ethyl adjacent to an activating group) is 2. The van der Waals surface area contributed by atoms with Gasteiger partial charge in [0.1, 0.15) is 18.0 Å². The number of nitrogens with zero attached hydrogens (tertiary/aromatic N) is 3. The number of rotatable bonds is 30. The first-order valence-electron chi connectivity index (χ1n) is 30.9. The van der Waals surface area contributed by atoms with E-state index in [2.05, 4.69) is 16.1 Å². The van der Waals surface area contributed by atoms with Crippen LogP contribution >= 0.6 is 0 Å². The van der Waals surface area contributed by atoms with Crippen LogP contribution in [0.2, 0.25) is 0 Å². The molecule has 23 nitrogen and oxygen atoms in total. The van der Waals surface area contributed by atoms with Gasteiger partial charge in [-0.15, -0.1) is 0 Å². The lowest BCUT2D eigenvalue weighted by atomic mass is 9.83. The second kappa shape index (κ2) is 34.0. The van der Waals surface area contributed by atoms with E-state index in [9.17, 15) is 43.5 Å². The van der Waals surface area contributed by atoms with Gasteiger partial charge in [0, 0.05) is 71.3 Å². The maximum absolute atomic E-state index is 15.0. The van der Waals surface area contributed by atoms with Crippen molar-refractivity contribution in [2.24, 2.45) is 41.4 Å². The first-order chi connectivity index (χ1) is 41.3. The number of benzene rings is 2. The molecule has 5 unspecified atom stereocenters. The Morgan fingerprint density at radius 2 is 1.51 bits per heavy atom. The van der Waals surface area contributed by atoms with Crippen LogP contribution in [-0.4, -0.2) is 169 Å². The zero-order chi connectivity index (χ0) is 66.1. The molecular formula is C65H102N6O17. The molecule has 2 aromatic carbocycles. The molecule has 2 aliphatic heterocycles. The molecule has 4 N–H and O–H groups in total. The molecule has 0 spiro atoms. The third-order valence-corrected chi connectivity index (χ3v) is 17.2. The molecule has 0 aliphatic carbocycles. The Balaban J connectivity index is 1.52. The summed E-state index contributed by atoms with van der Waals surface area (Å²) in [4.78, 5) is 119. The van der Waals surface area contributed by atoms with Crippen molar-refractivity contribution in [1.82, 2.24) is 25.5 Å². The number of aliphatic hydroxyl groups is 1. The van der Waals surface area contributed by atoms with Crippen LogP contribution in [0, 0.1) is 41.4 Å². The van der Waals surface area contributed by atoms with E-state index in [0.29, 0.717) is 31.4 Å². The molecule has 0 radical (unpaired) electrons. The number of Topliss-reactive ketones (excluding diaryl/α,β-unsaturated/α-hetero) is 1. The minimum absolute atomic E-state index is 0.00856. The molecule has 2 saturated heterocycles. The molecule has 0 bridgehead atoms. The largest absolute Gasteiger partial charge is 0.460 e. The third kappa shape index (κ3) is 20.6. The van der Waals surface area contributed by atoms with Crippen molar-refractivity contribution in [1.29, 1.82) is 0 Å². The van der Waals surface area contributed by atoms with Crippen LogP contribution in [-0.2, 0) is 68.6 Å². The number of esters is 1. The Morgan fingerprint density at radius 3 is 2.09 bits per heavy atom. The molecule has 88 heavy (non-hydrogen) atoms. The van der Waals surface area contributed by atoms with Crippen LogP contribution in [0.1, 0.15) is 153 Å². The van der Waals surface area contributed by atoms with Crippen molar-refractivity contribution in [3.05, 3.63) is 59.7 Å². The highest BCUT2D eigenvalue weighted by molar-refractivity contribution is 5.93. The number of amides is 6. The molecule has 2 aliphatic rings. The molecule has 4 rings (SSSR count). The first kappa shape index (κ1) is 74.1. The van der Waals surface area contributed by atoms with E-state index >= 15 is 0 Å². The first-order valence-corrected chi connectivity index (χ1v) is 30.9. The number of anilines is 1. The van der Waals surface area contributed by atoms with Gasteiger partial charge in [0.05, 0.1) is 60.9 Å². The van der Waals surface area contributed by atoms with Gasteiger partial charge in [-0.3, -0.25) is 33.6 Å². The maximum atomic E-state index is 15.0. The van der Waals surface area contributed by atoms with Gasteiger partial charge in [0.15, 0.2) is 18.5 Å². The van der Waals surface area contributed by atoms with E-state index in [-0.39, 0.29) is 83.1 Å². The van der Waals surface area contributed by atoms with Gasteiger partial charge in [-0.1, -0.05) is 99.1 Å². The number of nitrogens with one attached hydrogen (secondary N) is 3. The molecule has 6 amide bonds. The normalized spacial score (nSPS) is 21.7. The predicted octanol–water partition coefficient (Wildman–Crippen LogP) is 8.39. The van der Waals surface area contributed by atoms with Gasteiger partial charge in [0.25, 0.3) is 5.91 Å². The predicted molar refractivity (Wildman–Crippen MR) is 329 cm³/mol. The second-order valence-corrected chi connectivity index (χ2v) is 25.5. The number of methoxy groups -OCH3 is 2. The van der Waals surface area contributed by atoms with Crippen LogP contribution in [0.4, 0.5) is 15.3 Å². The average molecular weight is 1240 g/mol. The van der Waals surface area contributed by atoms with Crippen LogP contribution in [0.15, 0.2) is 48.5 Å². The van der Waals surface area contributed by atoms with E-state index in [1.165, 1.54) is 51.3 Å². The zero-order valence-electron chi connectivity index (χ0n) is 55.4. The lowest BCUT2D eigenvalue weighted by Gasteiger charge is -2.42. The third-order valence-electron chi connectivity index (χ3n) is 17.2. The molecule has 23 heteroatoms. The fourth-order valence-corrected chi connectivity index (χ4v) is 11.8. The Bertz CT molecular complexity index is 2630. The van der Waals surface area contributed by atoms with Crippen molar-refractivity contribution >= 4 is 53.3 Å². The lowest BCUT2D eigenvalue weighted by molar-refractivity contribution is -0.243. The van der Waals surface area contributed by atoms with E-state index in [1.807, 2.05) is 66.7 Å². The number of ether oxygens (including phenoxy) is 7.